The lowest BCUT2D eigenvalue weighted by Gasteiger charge is -2.35. The van der Waals surface area contributed by atoms with E-state index in [4.69, 9.17) is 54.0 Å². The van der Waals surface area contributed by atoms with Crippen LogP contribution in [0.2, 0.25) is 0 Å². The highest BCUT2D eigenvalue weighted by Gasteiger charge is 2.79. The third kappa shape index (κ3) is 9.62. The van der Waals surface area contributed by atoms with Crippen molar-refractivity contribution in [1.29, 1.82) is 0 Å². The first-order valence-corrected chi connectivity index (χ1v) is 19.0. The Hall–Kier alpha value is -5.05. The number of esters is 4. The molecule has 0 aliphatic carbocycles. The van der Waals surface area contributed by atoms with Crippen molar-refractivity contribution in [2.45, 2.75) is 122 Å². The number of allylic oxidation sites excluding steroid dienone is 1. The van der Waals surface area contributed by atoms with Gasteiger partial charge in [-0.2, -0.15) is 0 Å². The van der Waals surface area contributed by atoms with Gasteiger partial charge in [0, 0.05) is 25.0 Å². The van der Waals surface area contributed by atoms with Crippen molar-refractivity contribution in [2.75, 3.05) is 26.4 Å². The fourth-order valence-corrected chi connectivity index (χ4v) is 7.12. The normalized spacial score (nSPS) is 39.5. The van der Waals surface area contributed by atoms with Crippen molar-refractivity contribution in [3.63, 3.8) is 0 Å². The molecule has 7 heterocycles. The van der Waals surface area contributed by atoms with Gasteiger partial charge in [0.05, 0.1) is 32.7 Å². The lowest BCUT2D eigenvalue weighted by molar-refractivity contribution is -0.303. The van der Waals surface area contributed by atoms with Crippen LogP contribution in [-0.4, -0.2) is 218 Å². The van der Waals surface area contributed by atoms with E-state index in [1.54, 1.807) is 0 Å². The highest BCUT2D eigenvalue weighted by atomic mass is 16.8. The van der Waals surface area contributed by atoms with Gasteiger partial charge in [-0.1, -0.05) is 6.58 Å². The SMILES string of the molecule is C=CC=O.C[C@]12OC(=O)[C@](O)(CCC=O)[C@@]1(O)OC[C@@H]2O.O=C1OC([C@@H](O)CO)C(=O)[C@@]1(O)C/C=C/O.O=C1OC([C@@H](O)CO)C(O)=C1[O-].O=C1O[C@@H]2[C@@H](O)CO[C@]2(O)C12CC[C@H](O)O2.[H+]. The van der Waals surface area contributed by atoms with Gasteiger partial charge in [-0.3, -0.25) is 9.59 Å². The molecule has 0 saturated carbocycles. The van der Waals surface area contributed by atoms with E-state index >= 15 is 0 Å². The smallest absolute Gasteiger partial charge is 0.865 e. The lowest BCUT2D eigenvalue weighted by Crippen LogP contribution is -2.62. The minimum Gasteiger partial charge on any atom is -0.865 e. The number of carbonyl (C=O) groups is 7. The molecule has 0 radical (unpaired) electrons. The van der Waals surface area contributed by atoms with Crippen LogP contribution in [0.15, 0.2) is 36.5 Å². The summed E-state index contributed by atoms with van der Waals surface area (Å²) in [6.45, 7) is 2.53. The molecule has 0 aromatic heterocycles. The zero-order chi connectivity index (χ0) is 49.5. The molecule has 0 aromatic rings. The summed E-state index contributed by atoms with van der Waals surface area (Å²) < 4.78 is 33.6. The molecule has 0 amide bonds. The Morgan fingerprint density at radius 2 is 1.49 bits per heavy atom. The van der Waals surface area contributed by atoms with Crippen molar-refractivity contribution < 1.29 is 140 Å². The van der Waals surface area contributed by atoms with Crippen LogP contribution < -0.4 is 5.11 Å². The van der Waals surface area contributed by atoms with Crippen molar-refractivity contribution in [2.24, 2.45) is 0 Å². The van der Waals surface area contributed by atoms with Gasteiger partial charge in [0.2, 0.25) is 34.2 Å². The van der Waals surface area contributed by atoms with Crippen molar-refractivity contribution in [3.8, 4) is 0 Å². The Morgan fingerprint density at radius 1 is 0.892 bits per heavy atom. The summed E-state index contributed by atoms with van der Waals surface area (Å²) in [6.07, 6.45) is -7.27. The number of aliphatic hydroxyl groups is 13. The fourth-order valence-electron chi connectivity index (χ4n) is 7.12. The van der Waals surface area contributed by atoms with Crippen LogP contribution in [-0.2, 0) is 66.7 Å². The van der Waals surface area contributed by atoms with Gasteiger partial charge in [0.25, 0.3) is 0 Å². The number of ether oxygens (including phenoxy) is 7. The summed E-state index contributed by atoms with van der Waals surface area (Å²) in [5.74, 6) is -11.7. The number of rotatable bonds is 10. The van der Waals surface area contributed by atoms with E-state index in [0.717, 1.165) is 6.08 Å². The van der Waals surface area contributed by atoms with Crippen molar-refractivity contribution in [3.05, 3.63) is 36.5 Å². The molecule has 28 nitrogen and oxygen atoms in total. The summed E-state index contributed by atoms with van der Waals surface area (Å²) in [5, 5.41) is 132. The molecular weight excluding hydrogens is 892 g/mol. The summed E-state index contributed by atoms with van der Waals surface area (Å²) in [4.78, 5) is 76.0. The zero-order valence-electron chi connectivity index (χ0n) is 35.0. The molecule has 65 heavy (non-hydrogen) atoms. The van der Waals surface area contributed by atoms with Crippen LogP contribution in [0.3, 0.4) is 0 Å². The van der Waals surface area contributed by atoms with Crippen molar-refractivity contribution in [1.82, 2.24) is 0 Å². The maximum Gasteiger partial charge on any atom is 1.00 e. The second kappa shape index (κ2) is 21.1. The van der Waals surface area contributed by atoms with E-state index in [0.29, 0.717) is 18.8 Å². The molecule has 366 valence electrons. The Bertz CT molecular complexity index is 1870. The number of hydrogen-bond acceptors (Lipinski definition) is 28. The van der Waals surface area contributed by atoms with Gasteiger partial charge in [0.1, 0.15) is 42.7 Å². The topological polar surface area (TPSA) is 470 Å². The Morgan fingerprint density at radius 3 is 1.98 bits per heavy atom. The Kier molecular flexibility index (Phi) is 17.6. The van der Waals surface area contributed by atoms with Crippen LogP contribution in [0.5, 0.6) is 0 Å². The minimum atomic E-state index is -2.40. The number of fused-ring (bicyclic) bond motifs is 3. The number of cyclic esters (lactones) is 2. The van der Waals surface area contributed by atoms with Crippen LogP contribution in [0.25, 0.3) is 0 Å². The third-order valence-electron chi connectivity index (χ3n) is 10.9. The molecule has 0 aromatic carbocycles. The minimum absolute atomic E-state index is 0. The average molecular weight is 943 g/mol. The highest BCUT2D eigenvalue weighted by molar-refractivity contribution is 6.14. The summed E-state index contributed by atoms with van der Waals surface area (Å²) in [7, 11) is 0. The lowest BCUT2D eigenvalue weighted by atomic mass is 9.80. The van der Waals surface area contributed by atoms with Gasteiger partial charge in [0.15, 0.2) is 30.2 Å². The number of hydrogen-bond donors (Lipinski definition) is 13. The first-order valence-electron chi connectivity index (χ1n) is 19.0. The molecule has 14 atom stereocenters. The maximum absolute atomic E-state index is 11.7. The standard InChI is InChI=1S/C10H14O7.2C9H12O7.C6H8O6.C3H4O/c1-8-6(12)5-16-10(8,15)9(14,3-2-4-11)7(13)17-8;10-4-3-14-9(13)6(4)15-7(12)8(9)2-1-5(11)16-8;10-3-1-2-9(15)7(13)6(5(12)4-11)16-8(9)14;7-1-2(8)5-3(9)4(10)6(11)12-5;1-2-3-4/h4,6,12,14-15H,2-3,5H2,1H3;4-6,10-11,13H,1-3H2;1,3,5-6,10-12,15H,2,4H2;2,5,7-10H,1H2;2-3H,1H2/b;;3-1+;;/t6-,8+,9+,10-;4-,5+,6+,8?,9-;5-,6?,9-;2-,5?;/m0000./s1. The monoisotopic (exact) mass is 942 g/mol. The second-order valence-electron chi connectivity index (χ2n) is 14.9. The van der Waals surface area contributed by atoms with E-state index in [2.05, 4.69) is 16.1 Å². The molecule has 7 aliphatic rings. The highest BCUT2D eigenvalue weighted by Crippen LogP contribution is 2.52. The van der Waals surface area contributed by atoms with E-state index in [-0.39, 0.29) is 40.3 Å². The van der Waals surface area contributed by atoms with Crippen LogP contribution in [0.4, 0.5) is 0 Å². The quantitative estimate of drug-likeness (QED) is 0.0242. The number of Topliss-reactive ketones (excluding diaryl/α,β-unsaturated/α-hetero) is 1. The largest absolute Gasteiger partial charge is 1.00 e. The summed E-state index contributed by atoms with van der Waals surface area (Å²) in [5.41, 5.74) is -8.16. The Balaban J connectivity index is 0.000000294. The predicted octanol–water partition coefficient (Wildman–Crippen LogP) is -8.14. The van der Waals surface area contributed by atoms with Crippen LogP contribution >= 0.6 is 0 Å². The van der Waals surface area contributed by atoms with Crippen molar-refractivity contribution >= 4 is 42.2 Å². The number of aliphatic hydroxyl groups excluding tert-OH is 9. The molecule has 1 spiro atoms. The molecule has 7 rings (SSSR count). The van der Waals surface area contributed by atoms with E-state index in [1.807, 2.05) is 0 Å². The molecule has 13 N–H and O–H groups in total. The first kappa shape index (κ1) is 54.3. The molecule has 6 saturated heterocycles. The Labute approximate surface area is 366 Å². The van der Waals surface area contributed by atoms with Crippen LogP contribution in [0.1, 0.15) is 40.5 Å². The summed E-state index contributed by atoms with van der Waals surface area (Å²) in [6, 6.07) is 0. The third-order valence-corrected chi connectivity index (χ3v) is 10.9. The number of ketones is 1. The van der Waals surface area contributed by atoms with E-state index in [1.165, 1.54) is 13.0 Å². The van der Waals surface area contributed by atoms with E-state index < -0.39 is 144 Å². The second-order valence-corrected chi connectivity index (χ2v) is 14.9. The fraction of sp³-hybridized carbons (Fsp3) is 0.649. The van der Waals surface area contributed by atoms with Crippen LogP contribution in [0, 0.1) is 0 Å². The van der Waals surface area contributed by atoms with Gasteiger partial charge in [-0.15, -0.1) is 0 Å². The van der Waals surface area contributed by atoms with E-state index in [9.17, 15) is 74.7 Å². The molecule has 0 bridgehead atoms. The maximum atomic E-state index is 11.7. The molecule has 7 aliphatic heterocycles. The average Bonchev–Trinajstić information content (AvgIpc) is 4.09. The van der Waals surface area contributed by atoms with Gasteiger partial charge >= 0.3 is 25.3 Å². The molecule has 28 heteroatoms. The molecule has 6 fully saturated rings. The van der Waals surface area contributed by atoms with Gasteiger partial charge in [-0.05, 0) is 31.9 Å². The van der Waals surface area contributed by atoms with Gasteiger partial charge < -0.3 is 109 Å². The predicted molar refractivity (Wildman–Crippen MR) is 197 cm³/mol. The first-order chi connectivity index (χ1) is 30.3. The molecule has 3 unspecified atom stereocenters. The number of aldehydes is 2. The van der Waals surface area contributed by atoms with Gasteiger partial charge in [-0.25, -0.2) is 19.2 Å². The summed E-state index contributed by atoms with van der Waals surface area (Å²) >= 11 is 0. The zero-order valence-corrected chi connectivity index (χ0v) is 34.0. The molecular formula is C37H50O28. The number of carbonyl (C=O) groups excluding carboxylic acids is 7.